The van der Waals surface area contributed by atoms with Crippen LogP contribution in [0.3, 0.4) is 0 Å². The molecule has 0 N–H and O–H groups in total. The summed E-state index contributed by atoms with van der Waals surface area (Å²) in [6.45, 7) is 4.97. The number of carbonyl (C=O) groups is 1. The van der Waals surface area contributed by atoms with E-state index in [1.165, 1.54) is 24.0 Å². The van der Waals surface area contributed by atoms with E-state index in [0.717, 1.165) is 45.6 Å². The Labute approximate surface area is 162 Å². The van der Waals surface area contributed by atoms with Crippen molar-refractivity contribution in [2.75, 3.05) is 26.2 Å². The molecule has 27 heavy (non-hydrogen) atoms. The highest BCUT2D eigenvalue weighted by Crippen LogP contribution is 2.39. The number of likely N-dealkylation sites (tertiary alicyclic amines) is 2. The zero-order valence-corrected chi connectivity index (χ0v) is 16.0. The maximum atomic E-state index is 12.5. The highest BCUT2D eigenvalue weighted by atomic mass is 16.2. The van der Waals surface area contributed by atoms with Gasteiger partial charge in [0.25, 0.3) is 0 Å². The second-order valence-corrected chi connectivity index (χ2v) is 8.23. The largest absolute Gasteiger partial charge is 0.342 e. The third-order valence-corrected chi connectivity index (χ3v) is 6.13. The number of benzene rings is 1. The van der Waals surface area contributed by atoms with Crippen molar-refractivity contribution in [1.82, 2.24) is 14.8 Å². The summed E-state index contributed by atoms with van der Waals surface area (Å²) < 4.78 is 0. The predicted octanol–water partition coefficient (Wildman–Crippen LogP) is 3.53. The number of rotatable bonds is 5. The van der Waals surface area contributed by atoms with Crippen LogP contribution in [0.25, 0.3) is 0 Å². The van der Waals surface area contributed by atoms with Crippen molar-refractivity contribution in [2.45, 2.75) is 38.6 Å². The van der Waals surface area contributed by atoms with Gasteiger partial charge < -0.3 is 4.90 Å². The Morgan fingerprint density at radius 1 is 1.00 bits per heavy atom. The van der Waals surface area contributed by atoms with E-state index < -0.39 is 0 Å². The average molecular weight is 364 g/mol. The highest BCUT2D eigenvalue weighted by molar-refractivity contribution is 5.77. The van der Waals surface area contributed by atoms with Crippen molar-refractivity contribution in [3.63, 3.8) is 0 Å². The van der Waals surface area contributed by atoms with Crippen LogP contribution in [-0.2, 0) is 17.8 Å². The minimum atomic E-state index is 0.269. The summed E-state index contributed by atoms with van der Waals surface area (Å²) in [7, 11) is 0. The third-order valence-electron chi connectivity index (χ3n) is 6.13. The van der Waals surface area contributed by atoms with Crippen molar-refractivity contribution in [1.29, 1.82) is 0 Å². The zero-order valence-electron chi connectivity index (χ0n) is 16.0. The summed E-state index contributed by atoms with van der Waals surface area (Å²) in [5, 5.41) is 0. The zero-order chi connectivity index (χ0) is 18.5. The number of hydrogen-bond donors (Lipinski definition) is 0. The first-order chi connectivity index (χ1) is 13.2. The lowest BCUT2D eigenvalue weighted by atomic mass is 9.73. The summed E-state index contributed by atoms with van der Waals surface area (Å²) in [6.07, 6.45) is 8.96. The topological polar surface area (TPSA) is 36.4 Å². The van der Waals surface area contributed by atoms with Crippen LogP contribution in [0.2, 0.25) is 0 Å². The van der Waals surface area contributed by atoms with Crippen LogP contribution in [-0.4, -0.2) is 46.9 Å². The number of piperidine rings is 2. The van der Waals surface area contributed by atoms with Gasteiger partial charge in [-0.15, -0.1) is 0 Å². The summed E-state index contributed by atoms with van der Waals surface area (Å²) in [6, 6.07) is 14.7. The van der Waals surface area contributed by atoms with Gasteiger partial charge in [0.05, 0.1) is 0 Å². The lowest BCUT2D eigenvalue weighted by Crippen LogP contribution is -2.54. The molecular formula is C23H29N3O. The van der Waals surface area contributed by atoms with Gasteiger partial charge in [0, 0.05) is 50.4 Å². The third kappa shape index (κ3) is 4.56. The smallest absolute Gasteiger partial charge is 0.222 e. The molecule has 1 amide bonds. The summed E-state index contributed by atoms with van der Waals surface area (Å²) in [5.74, 6) is 0.334. The van der Waals surface area contributed by atoms with Crippen molar-refractivity contribution in [3.05, 3.63) is 66.0 Å². The second-order valence-electron chi connectivity index (χ2n) is 8.23. The maximum absolute atomic E-state index is 12.5. The molecule has 0 saturated carbocycles. The Hall–Kier alpha value is -2.20. The van der Waals surface area contributed by atoms with Crippen LogP contribution >= 0.6 is 0 Å². The van der Waals surface area contributed by atoms with Gasteiger partial charge in [0.1, 0.15) is 0 Å². The first kappa shape index (κ1) is 18.2. The van der Waals surface area contributed by atoms with E-state index in [0.29, 0.717) is 12.3 Å². The Morgan fingerprint density at radius 3 is 2.67 bits per heavy atom. The average Bonchev–Trinajstić information content (AvgIpc) is 2.71. The molecule has 2 aromatic rings. The van der Waals surface area contributed by atoms with Gasteiger partial charge in [0.15, 0.2) is 0 Å². The van der Waals surface area contributed by atoms with Crippen molar-refractivity contribution in [2.24, 2.45) is 5.41 Å². The van der Waals surface area contributed by atoms with E-state index in [1.54, 1.807) is 0 Å². The molecule has 1 spiro atoms. The maximum Gasteiger partial charge on any atom is 0.222 e. The van der Waals surface area contributed by atoms with E-state index in [-0.39, 0.29) is 5.41 Å². The van der Waals surface area contributed by atoms with Crippen LogP contribution in [0.1, 0.15) is 36.8 Å². The van der Waals surface area contributed by atoms with Crippen LogP contribution in [0.5, 0.6) is 0 Å². The highest BCUT2D eigenvalue weighted by Gasteiger charge is 2.41. The number of pyridine rings is 1. The molecule has 142 valence electrons. The van der Waals surface area contributed by atoms with Gasteiger partial charge in [-0.3, -0.25) is 14.7 Å². The number of carbonyl (C=O) groups excluding carboxylic acids is 1. The molecule has 0 bridgehead atoms. The summed E-state index contributed by atoms with van der Waals surface area (Å²) in [4.78, 5) is 21.5. The van der Waals surface area contributed by atoms with Gasteiger partial charge in [-0.05, 0) is 49.4 Å². The minimum Gasteiger partial charge on any atom is -0.342 e. The van der Waals surface area contributed by atoms with Gasteiger partial charge in [-0.1, -0.05) is 36.4 Å². The first-order valence-corrected chi connectivity index (χ1v) is 10.2. The molecule has 2 aliphatic heterocycles. The summed E-state index contributed by atoms with van der Waals surface area (Å²) >= 11 is 0. The van der Waals surface area contributed by atoms with Crippen LogP contribution < -0.4 is 0 Å². The van der Waals surface area contributed by atoms with Gasteiger partial charge in [0.2, 0.25) is 5.91 Å². The molecule has 2 fully saturated rings. The monoisotopic (exact) mass is 363 g/mol. The molecule has 4 nitrogen and oxygen atoms in total. The Bertz CT molecular complexity index is 749. The van der Waals surface area contributed by atoms with Crippen molar-refractivity contribution in [3.8, 4) is 0 Å². The Kier molecular flexibility index (Phi) is 5.53. The number of hydrogen-bond acceptors (Lipinski definition) is 3. The number of amides is 1. The van der Waals surface area contributed by atoms with E-state index in [2.05, 4.69) is 45.1 Å². The van der Waals surface area contributed by atoms with Gasteiger partial charge in [-0.25, -0.2) is 0 Å². The van der Waals surface area contributed by atoms with Crippen LogP contribution in [0.4, 0.5) is 0 Å². The first-order valence-electron chi connectivity index (χ1n) is 10.2. The van der Waals surface area contributed by atoms with E-state index in [1.807, 2.05) is 24.5 Å². The quantitative estimate of drug-likeness (QED) is 0.815. The molecule has 0 radical (unpaired) electrons. The molecule has 4 rings (SSSR count). The van der Waals surface area contributed by atoms with Crippen molar-refractivity contribution >= 4 is 5.91 Å². The lowest BCUT2D eigenvalue weighted by Gasteiger charge is -2.48. The molecule has 4 heteroatoms. The number of nitrogens with zero attached hydrogens (tertiary/aromatic N) is 3. The Balaban J connectivity index is 1.38. The second kappa shape index (κ2) is 8.22. The minimum absolute atomic E-state index is 0.269. The van der Waals surface area contributed by atoms with E-state index >= 15 is 0 Å². The van der Waals surface area contributed by atoms with E-state index in [9.17, 15) is 4.79 Å². The standard InChI is InChI=1S/C23H29N3O/c27-22-9-12-23(19-26(22)15-10-20-6-2-1-3-7-20)11-5-14-25(18-23)17-21-8-4-13-24-16-21/h1-4,6-8,13,16H,5,9-12,14-15,17-19H2/t23-/m1/s1. The van der Waals surface area contributed by atoms with Crippen LogP contribution in [0, 0.1) is 5.41 Å². The normalized spacial score (nSPS) is 23.7. The van der Waals surface area contributed by atoms with Gasteiger partial charge >= 0.3 is 0 Å². The lowest BCUT2D eigenvalue weighted by molar-refractivity contribution is -0.139. The Morgan fingerprint density at radius 2 is 1.85 bits per heavy atom. The predicted molar refractivity (Wildman–Crippen MR) is 107 cm³/mol. The molecule has 1 aromatic carbocycles. The fourth-order valence-electron chi connectivity index (χ4n) is 4.74. The molecule has 2 aliphatic rings. The molecule has 0 aliphatic carbocycles. The van der Waals surface area contributed by atoms with Crippen LogP contribution in [0.15, 0.2) is 54.9 Å². The molecule has 2 saturated heterocycles. The molecular weight excluding hydrogens is 334 g/mol. The van der Waals surface area contributed by atoms with Gasteiger partial charge in [-0.2, -0.15) is 0 Å². The van der Waals surface area contributed by atoms with Crippen molar-refractivity contribution < 1.29 is 4.79 Å². The SMILES string of the molecule is O=C1CC[C@@]2(CCCN(Cc3cccnc3)C2)CN1CCc1ccccc1. The molecule has 1 atom stereocenters. The fraction of sp³-hybridized carbons (Fsp3) is 0.478. The summed E-state index contributed by atoms with van der Waals surface area (Å²) in [5.41, 5.74) is 2.86. The van der Waals surface area contributed by atoms with E-state index in [4.69, 9.17) is 0 Å². The molecule has 3 heterocycles. The number of aromatic nitrogens is 1. The molecule has 1 aromatic heterocycles. The molecule has 0 unspecified atom stereocenters. The fourth-order valence-corrected chi connectivity index (χ4v) is 4.74.